The second kappa shape index (κ2) is 7.86. The first-order valence-electron chi connectivity index (χ1n) is 8.62. The lowest BCUT2D eigenvalue weighted by atomic mass is 10.1. The summed E-state index contributed by atoms with van der Waals surface area (Å²) in [6.45, 7) is 6.65. The lowest BCUT2D eigenvalue weighted by Gasteiger charge is -2.17. The van der Waals surface area contributed by atoms with Crippen LogP contribution < -0.4 is 0 Å². The molecule has 2 aromatic heterocycles. The number of hydrogen-bond acceptors (Lipinski definition) is 5. The van der Waals surface area contributed by atoms with Crippen LogP contribution in [0.5, 0.6) is 0 Å². The number of hydrogen-bond donors (Lipinski definition) is 0. The molecule has 6 nitrogen and oxygen atoms in total. The maximum absolute atomic E-state index is 12.5. The molecule has 0 saturated carbocycles. The van der Waals surface area contributed by atoms with Crippen molar-refractivity contribution in [3.05, 3.63) is 52.8 Å². The maximum atomic E-state index is 12.5. The van der Waals surface area contributed by atoms with Gasteiger partial charge in [-0.15, -0.1) is 10.2 Å². The van der Waals surface area contributed by atoms with Crippen molar-refractivity contribution in [2.45, 2.75) is 38.9 Å². The Morgan fingerprint density at radius 1 is 1.15 bits per heavy atom. The molecule has 3 rings (SSSR count). The molecule has 0 bridgehead atoms. The van der Waals surface area contributed by atoms with Gasteiger partial charge >= 0.3 is 0 Å². The zero-order chi connectivity index (χ0) is 18.7. The van der Waals surface area contributed by atoms with Gasteiger partial charge in [0.1, 0.15) is 0 Å². The number of carbonyl (C=O) groups excluding carboxylic acids is 1. The standard InChI is InChI=1S/C19H23N5OS/c1-5-15-6-8-16(9-7-15)11-23(4)17(25)12-26-19-22-21-18-20-13(2)10-14(3)24(18)19/h6-10H,5,11-12H2,1-4H3. The molecule has 0 radical (unpaired) electrons. The third-order valence-corrected chi connectivity index (χ3v) is 5.18. The van der Waals surface area contributed by atoms with E-state index in [4.69, 9.17) is 0 Å². The molecule has 0 N–H and O–H groups in total. The fourth-order valence-corrected chi connectivity index (χ4v) is 3.70. The van der Waals surface area contributed by atoms with Crippen LogP contribution in [0, 0.1) is 13.8 Å². The Morgan fingerprint density at radius 2 is 1.85 bits per heavy atom. The molecule has 0 aliphatic rings. The van der Waals surface area contributed by atoms with Crippen molar-refractivity contribution < 1.29 is 4.79 Å². The molecule has 0 atom stereocenters. The summed E-state index contributed by atoms with van der Waals surface area (Å²) in [5.41, 5.74) is 4.35. The first-order chi connectivity index (χ1) is 12.5. The largest absolute Gasteiger partial charge is 0.341 e. The van der Waals surface area contributed by atoms with Crippen LogP contribution in [-0.2, 0) is 17.8 Å². The average molecular weight is 369 g/mol. The van der Waals surface area contributed by atoms with E-state index < -0.39 is 0 Å². The van der Waals surface area contributed by atoms with Gasteiger partial charge in [-0.1, -0.05) is 43.0 Å². The fraction of sp³-hybridized carbons (Fsp3) is 0.368. The SMILES string of the molecule is CCc1ccc(CN(C)C(=O)CSc2nnc3nc(C)cc(C)n23)cc1. The number of fused-ring (bicyclic) bond motifs is 1. The van der Waals surface area contributed by atoms with E-state index in [1.807, 2.05) is 31.4 Å². The third kappa shape index (κ3) is 4.04. The van der Waals surface area contributed by atoms with Crippen molar-refractivity contribution in [2.24, 2.45) is 0 Å². The van der Waals surface area contributed by atoms with Crippen LogP contribution in [0.4, 0.5) is 0 Å². The van der Waals surface area contributed by atoms with E-state index in [0.29, 0.717) is 23.2 Å². The minimum absolute atomic E-state index is 0.0593. The first-order valence-corrected chi connectivity index (χ1v) is 9.60. The summed E-state index contributed by atoms with van der Waals surface area (Å²) in [5.74, 6) is 0.948. The van der Waals surface area contributed by atoms with E-state index >= 15 is 0 Å². The van der Waals surface area contributed by atoms with Crippen LogP contribution in [0.2, 0.25) is 0 Å². The maximum Gasteiger partial charge on any atom is 0.256 e. The molecule has 0 fully saturated rings. The predicted octanol–water partition coefficient (Wildman–Crippen LogP) is 3.05. The van der Waals surface area contributed by atoms with E-state index in [1.165, 1.54) is 17.3 Å². The highest BCUT2D eigenvalue weighted by molar-refractivity contribution is 7.99. The predicted molar refractivity (Wildman–Crippen MR) is 103 cm³/mol. The van der Waals surface area contributed by atoms with E-state index in [2.05, 4.69) is 46.4 Å². The van der Waals surface area contributed by atoms with Crippen molar-refractivity contribution in [3.8, 4) is 0 Å². The van der Waals surface area contributed by atoms with Crippen molar-refractivity contribution >= 4 is 23.4 Å². The quantitative estimate of drug-likeness (QED) is 0.625. The Balaban J connectivity index is 1.63. The minimum atomic E-state index is 0.0593. The molecule has 1 aromatic carbocycles. The van der Waals surface area contributed by atoms with Crippen LogP contribution in [0.1, 0.15) is 29.4 Å². The van der Waals surface area contributed by atoms with Crippen molar-refractivity contribution in [1.82, 2.24) is 24.5 Å². The summed E-state index contributed by atoms with van der Waals surface area (Å²) < 4.78 is 1.88. The van der Waals surface area contributed by atoms with Crippen molar-refractivity contribution in [3.63, 3.8) is 0 Å². The lowest BCUT2D eigenvalue weighted by molar-refractivity contribution is -0.127. The summed E-state index contributed by atoms with van der Waals surface area (Å²) in [7, 11) is 1.83. The molecule has 1 amide bonds. The summed E-state index contributed by atoms with van der Waals surface area (Å²) in [5, 5.41) is 8.97. The zero-order valence-corrected chi connectivity index (χ0v) is 16.4. The van der Waals surface area contributed by atoms with Crippen LogP contribution in [0.15, 0.2) is 35.5 Å². The van der Waals surface area contributed by atoms with Gasteiger partial charge in [0.25, 0.3) is 5.78 Å². The molecule has 26 heavy (non-hydrogen) atoms. The summed E-state index contributed by atoms with van der Waals surface area (Å²) in [4.78, 5) is 18.6. The number of carbonyl (C=O) groups is 1. The zero-order valence-electron chi connectivity index (χ0n) is 15.6. The van der Waals surface area contributed by atoms with Gasteiger partial charge in [0.15, 0.2) is 5.16 Å². The second-order valence-corrected chi connectivity index (χ2v) is 7.31. The topological polar surface area (TPSA) is 63.4 Å². The summed E-state index contributed by atoms with van der Waals surface area (Å²) in [6.07, 6.45) is 1.02. The monoisotopic (exact) mass is 369 g/mol. The fourth-order valence-electron chi connectivity index (χ4n) is 2.77. The molecular weight excluding hydrogens is 346 g/mol. The molecular formula is C19H23N5OS. The molecule has 7 heteroatoms. The molecule has 2 heterocycles. The van der Waals surface area contributed by atoms with Crippen LogP contribution in [0.3, 0.4) is 0 Å². The number of aryl methyl sites for hydroxylation is 3. The van der Waals surface area contributed by atoms with E-state index in [1.54, 1.807) is 4.90 Å². The van der Waals surface area contributed by atoms with Gasteiger partial charge in [-0.25, -0.2) is 4.98 Å². The first kappa shape index (κ1) is 18.4. The van der Waals surface area contributed by atoms with Gasteiger partial charge in [0.2, 0.25) is 5.91 Å². The van der Waals surface area contributed by atoms with E-state index in [0.717, 1.165) is 23.4 Å². The van der Waals surface area contributed by atoms with Gasteiger partial charge < -0.3 is 4.90 Å². The van der Waals surface area contributed by atoms with E-state index in [-0.39, 0.29) is 5.91 Å². The highest BCUT2D eigenvalue weighted by atomic mass is 32.2. The Kier molecular flexibility index (Phi) is 5.56. The van der Waals surface area contributed by atoms with Gasteiger partial charge in [-0.2, -0.15) is 0 Å². The van der Waals surface area contributed by atoms with Crippen LogP contribution >= 0.6 is 11.8 Å². The lowest BCUT2D eigenvalue weighted by Crippen LogP contribution is -2.27. The van der Waals surface area contributed by atoms with Crippen molar-refractivity contribution in [2.75, 3.05) is 12.8 Å². The normalized spacial score (nSPS) is 11.1. The number of aromatic nitrogens is 4. The summed E-state index contributed by atoms with van der Waals surface area (Å²) in [6, 6.07) is 10.4. The smallest absolute Gasteiger partial charge is 0.256 e. The van der Waals surface area contributed by atoms with Gasteiger partial charge in [-0.3, -0.25) is 9.20 Å². The van der Waals surface area contributed by atoms with Crippen LogP contribution in [-0.4, -0.2) is 43.2 Å². The van der Waals surface area contributed by atoms with Gasteiger partial charge in [-0.05, 0) is 37.5 Å². The Labute approximate surface area is 157 Å². The highest BCUT2D eigenvalue weighted by Gasteiger charge is 2.14. The van der Waals surface area contributed by atoms with Crippen LogP contribution in [0.25, 0.3) is 5.78 Å². The molecule has 0 aliphatic heterocycles. The van der Waals surface area contributed by atoms with E-state index in [9.17, 15) is 4.79 Å². The summed E-state index contributed by atoms with van der Waals surface area (Å²) >= 11 is 1.39. The Bertz CT molecular complexity index is 920. The Morgan fingerprint density at radius 3 is 2.54 bits per heavy atom. The molecule has 0 spiro atoms. The molecule has 0 unspecified atom stereocenters. The second-order valence-electron chi connectivity index (χ2n) is 6.37. The number of nitrogens with zero attached hydrogens (tertiary/aromatic N) is 5. The van der Waals surface area contributed by atoms with Crippen molar-refractivity contribution in [1.29, 1.82) is 0 Å². The van der Waals surface area contributed by atoms with Gasteiger partial charge in [0, 0.05) is 25.0 Å². The van der Waals surface area contributed by atoms with Gasteiger partial charge in [0.05, 0.1) is 5.75 Å². The number of rotatable bonds is 6. The molecule has 0 saturated heterocycles. The molecule has 3 aromatic rings. The third-order valence-electron chi connectivity index (χ3n) is 4.26. The molecule has 0 aliphatic carbocycles. The Hall–Kier alpha value is -2.41. The average Bonchev–Trinajstić information content (AvgIpc) is 3.03. The highest BCUT2D eigenvalue weighted by Crippen LogP contribution is 2.19. The number of amides is 1. The molecule has 136 valence electrons. The minimum Gasteiger partial charge on any atom is -0.341 e. The number of benzene rings is 1. The number of thioether (sulfide) groups is 1.